The second kappa shape index (κ2) is 7.74. The molecule has 0 spiro atoms. The Kier molecular flexibility index (Phi) is 5.71. The maximum atomic E-state index is 12.9. The Bertz CT molecular complexity index is 734. The number of nitrogens with one attached hydrogen (secondary N) is 1. The maximum absolute atomic E-state index is 12.9. The van der Waals surface area contributed by atoms with Crippen LogP contribution in [-0.4, -0.2) is 18.5 Å². The lowest BCUT2D eigenvalue weighted by molar-refractivity contribution is -0.124. The van der Waals surface area contributed by atoms with Crippen molar-refractivity contribution in [3.63, 3.8) is 0 Å². The third kappa shape index (κ3) is 4.79. The molecular formula is C17H15ClFNO3. The maximum Gasteiger partial charge on any atom is 0.340 e. The van der Waals surface area contributed by atoms with Crippen LogP contribution in [0.15, 0.2) is 42.5 Å². The van der Waals surface area contributed by atoms with Crippen molar-refractivity contribution in [1.82, 2.24) is 5.32 Å². The van der Waals surface area contributed by atoms with Crippen LogP contribution in [0.4, 0.5) is 4.39 Å². The van der Waals surface area contributed by atoms with Gasteiger partial charge in [0, 0.05) is 6.54 Å². The number of carbonyl (C=O) groups excluding carboxylic acids is 2. The van der Waals surface area contributed by atoms with E-state index >= 15 is 0 Å². The number of amides is 1. The minimum absolute atomic E-state index is 0.0137. The molecule has 0 aliphatic rings. The third-order valence-corrected chi connectivity index (χ3v) is 3.54. The fourth-order valence-corrected chi connectivity index (χ4v) is 2.16. The van der Waals surface area contributed by atoms with Gasteiger partial charge >= 0.3 is 5.97 Å². The molecule has 1 N–H and O–H groups in total. The van der Waals surface area contributed by atoms with Gasteiger partial charge in [-0.15, -0.1) is 0 Å². The van der Waals surface area contributed by atoms with E-state index in [1.54, 1.807) is 0 Å². The Labute approximate surface area is 138 Å². The molecule has 1 amide bonds. The predicted molar refractivity (Wildman–Crippen MR) is 84.7 cm³/mol. The number of esters is 1. The van der Waals surface area contributed by atoms with E-state index in [1.165, 1.54) is 6.07 Å². The number of halogens is 2. The van der Waals surface area contributed by atoms with E-state index in [0.29, 0.717) is 6.54 Å². The standard InChI is InChI=1S/C17H15ClFNO3/c1-11-4-2-3-5-12(11)9-20-16(21)10-23-17(22)14-7-6-13(19)8-15(14)18/h2-8H,9-10H2,1H3,(H,20,21). The molecule has 0 atom stereocenters. The van der Waals surface area contributed by atoms with Gasteiger partial charge in [-0.25, -0.2) is 9.18 Å². The molecule has 0 unspecified atom stereocenters. The molecule has 0 bridgehead atoms. The molecule has 2 aromatic carbocycles. The summed E-state index contributed by atoms with van der Waals surface area (Å²) in [7, 11) is 0. The molecule has 2 rings (SSSR count). The summed E-state index contributed by atoms with van der Waals surface area (Å²) in [5, 5.41) is 2.60. The number of aryl methyl sites for hydroxylation is 1. The summed E-state index contributed by atoms with van der Waals surface area (Å²) in [6, 6.07) is 11.0. The molecule has 0 radical (unpaired) electrons. The SMILES string of the molecule is Cc1ccccc1CNC(=O)COC(=O)c1ccc(F)cc1Cl. The Morgan fingerprint density at radius 3 is 2.65 bits per heavy atom. The van der Waals surface area contributed by atoms with Crippen molar-refractivity contribution in [2.45, 2.75) is 13.5 Å². The summed E-state index contributed by atoms with van der Waals surface area (Å²) >= 11 is 5.76. The van der Waals surface area contributed by atoms with Gasteiger partial charge < -0.3 is 10.1 Å². The number of rotatable bonds is 5. The van der Waals surface area contributed by atoms with Crippen LogP contribution in [0.2, 0.25) is 5.02 Å². The molecule has 0 aliphatic carbocycles. The van der Waals surface area contributed by atoms with E-state index in [4.69, 9.17) is 16.3 Å². The number of benzene rings is 2. The molecule has 0 aromatic heterocycles. The van der Waals surface area contributed by atoms with Gasteiger partial charge in [0.05, 0.1) is 10.6 Å². The molecule has 4 nitrogen and oxygen atoms in total. The molecule has 6 heteroatoms. The molecule has 23 heavy (non-hydrogen) atoms. The normalized spacial score (nSPS) is 10.2. The summed E-state index contributed by atoms with van der Waals surface area (Å²) in [6.45, 7) is 1.86. The Morgan fingerprint density at radius 2 is 1.96 bits per heavy atom. The lowest BCUT2D eigenvalue weighted by Crippen LogP contribution is -2.28. The molecule has 0 saturated carbocycles. The number of hydrogen-bond donors (Lipinski definition) is 1. The van der Waals surface area contributed by atoms with Crippen LogP contribution in [0, 0.1) is 12.7 Å². The van der Waals surface area contributed by atoms with Crippen molar-refractivity contribution in [3.8, 4) is 0 Å². The molecule has 0 fully saturated rings. The highest BCUT2D eigenvalue weighted by Crippen LogP contribution is 2.18. The molecule has 0 aliphatic heterocycles. The van der Waals surface area contributed by atoms with Gasteiger partial charge in [0.25, 0.3) is 5.91 Å². The van der Waals surface area contributed by atoms with Crippen molar-refractivity contribution in [2.24, 2.45) is 0 Å². The van der Waals surface area contributed by atoms with Crippen LogP contribution in [-0.2, 0) is 16.1 Å². The van der Waals surface area contributed by atoms with E-state index in [-0.39, 0.29) is 10.6 Å². The fraction of sp³-hybridized carbons (Fsp3) is 0.176. The van der Waals surface area contributed by atoms with Crippen LogP contribution in [0.3, 0.4) is 0 Å². The number of carbonyl (C=O) groups is 2. The Morgan fingerprint density at radius 1 is 1.22 bits per heavy atom. The highest BCUT2D eigenvalue weighted by atomic mass is 35.5. The zero-order chi connectivity index (χ0) is 16.8. The van der Waals surface area contributed by atoms with Crippen molar-refractivity contribution in [2.75, 3.05) is 6.61 Å². The first kappa shape index (κ1) is 17.0. The summed E-state index contributed by atoms with van der Waals surface area (Å²) in [5.74, 6) is -1.76. The Hall–Kier alpha value is -2.40. The summed E-state index contributed by atoms with van der Waals surface area (Å²) < 4.78 is 17.8. The van der Waals surface area contributed by atoms with Crippen LogP contribution in [0.5, 0.6) is 0 Å². The first-order valence-electron chi connectivity index (χ1n) is 6.91. The minimum Gasteiger partial charge on any atom is -0.452 e. The minimum atomic E-state index is -0.777. The fourth-order valence-electron chi connectivity index (χ4n) is 1.92. The van der Waals surface area contributed by atoms with Crippen LogP contribution < -0.4 is 5.32 Å². The zero-order valence-corrected chi connectivity index (χ0v) is 13.2. The number of hydrogen-bond acceptors (Lipinski definition) is 3. The van der Waals surface area contributed by atoms with E-state index < -0.39 is 24.3 Å². The zero-order valence-electron chi connectivity index (χ0n) is 12.4. The van der Waals surface area contributed by atoms with Gasteiger partial charge in [-0.2, -0.15) is 0 Å². The van der Waals surface area contributed by atoms with Crippen LogP contribution >= 0.6 is 11.6 Å². The molecular weight excluding hydrogens is 321 g/mol. The summed E-state index contributed by atoms with van der Waals surface area (Å²) in [6.07, 6.45) is 0. The largest absolute Gasteiger partial charge is 0.452 e. The van der Waals surface area contributed by atoms with Gasteiger partial charge in [-0.3, -0.25) is 4.79 Å². The summed E-state index contributed by atoms with van der Waals surface area (Å²) in [5.41, 5.74) is 2.05. The first-order chi connectivity index (χ1) is 11.0. The highest BCUT2D eigenvalue weighted by molar-refractivity contribution is 6.33. The number of ether oxygens (including phenoxy) is 1. The molecule has 0 saturated heterocycles. The molecule has 120 valence electrons. The second-order valence-corrected chi connectivity index (χ2v) is 5.31. The predicted octanol–water partition coefficient (Wildman–Crippen LogP) is 3.26. The highest BCUT2D eigenvalue weighted by Gasteiger charge is 2.14. The van der Waals surface area contributed by atoms with Gasteiger partial charge in [0.15, 0.2) is 6.61 Å². The van der Waals surface area contributed by atoms with E-state index in [1.807, 2.05) is 31.2 Å². The van der Waals surface area contributed by atoms with E-state index in [2.05, 4.69) is 5.32 Å². The second-order valence-electron chi connectivity index (χ2n) is 4.90. The van der Waals surface area contributed by atoms with E-state index in [0.717, 1.165) is 23.3 Å². The Balaban J connectivity index is 1.84. The van der Waals surface area contributed by atoms with Crippen molar-refractivity contribution in [3.05, 3.63) is 70.0 Å². The average Bonchev–Trinajstić information content (AvgIpc) is 2.52. The smallest absolute Gasteiger partial charge is 0.340 e. The quantitative estimate of drug-likeness (QED) is 0.853. The van der Waals surface area contributed by atoms with Gasteiger partial charge in [0.1, 0.15) is 5.82 Å². The topological polar surface area (TPSA) is 55.4 Å². The molecule has 0 heterocycles. The van der Waals surface area contributed by atoms with Crippen molar-refractivity contribution in [1.29, 1.82) is 0 Å². The lowest BCUT2D eigenvalue weighted by Gasteiger charge is -2.09. The van der Waals surface area contributed by atoms with Crippen LogP contribution in [0.25, 0.3) is 0 Å². The van der Waals surface area contributed by atoms with Gasteiger partial charge in [-0.05, 0) is 36.2 Å². The monoisotopic (exact) mass is 335 g/mol. The van der Waals surface area contributed by atoms with Crippen LogP contribution in [0.1, 0.15) is 21.5 Å². The third-order valence-electron chi connectivity index (χ3n) is 3.22. The molecule has 2 aromatic rings. The van der Waals surface area contributed by atoms with Crippen molar-refractivity contribution >= 4 is 23.5 Å². The average molecular weight is 336 g/mol. The first-order valence-corrected chi connectivity index (χ1v) is 7.28. The lowest BCUT2D eigenvalue weighted by atomic mass is 10.1. The van der Waals surface area contributed by atoms with E-state index in [9.17, 15) is 14.0 Å². The summed E-state index contributed by atoms with van der Waals surface area (Å²) in [4.78, 5) is 23.5. The van der Waals surface area contributed by atoms with Gasteiger partial charge in [0.2, 0.25) is 0 Å². The van der Waals surface area contributed by atoms with Gasteiger partial charge in [-0.1, -0.05) is 35.9 Å². The van der Waals surface area contributed by atoms with Crippen molar-refractivity contribution < 1.29 is 18.7 Å².